The maximum Gasteiger partial charge on any atom is 0.253 e. The fourth-order valence-electron chi connectivity index (χ4n) is 3.73. The van der Waals surface area contributed by atoms with Gasteiger partial charge in [0, 0.05) is 43.3 Å². The number of rotatable bonds is 5. The zero-order valence-electron chi connectivity index (χ0n) is 17.1. The summed E-state index contributed by atoms with van der Waals surface area (Å²) >= 11 is 0.981. The second-order valence-electron chi connectivity index (χ2n) is 7.93. The Morgan fingerprint density at radius 2 is 1.69 bits per heavy atom. The summed E-state index contributed by atoms with van der Waals surface area (Å²) in [6.45, 7) is 1.00. The van der Waals surface area contributed by atoms with Crippen molar-refractivity contribution in [3.63, 3.8) is 0 Å². The van der Waals surface area contributed by atoms with Crippen LogP contribution < -0.4 is 5.32 Å². The van der Waals surface area contributed by atoms with Crippen LogP contribution in [-0.4, -0.2) is 64.4 Å². The van der Waals surface area contributed by atoms with Gasteiger partial charge in [-0.25, -0.2) is 8.42 Å². The monoisotopic (exact) mass is 471 g/mol. The van der Waals surface area contributed by atoms with Crippen molar-refractivity contribution in [3.8, 4) is 0 Å². The van der Waals surface area contributed by atoms with E-state index < -0.39 is 10.0 Å². The van der Waals surface area contributed by atoms with Crippen LogP contribution >= 0.6 is 11.7 Å². The molecule has 0 atom stereocenters. The van der Waals surface area contributed by atoms with Gasteiger partial charge in [-0.3, -0.25) is 9.59 Å². The molecule has 5 rings (SSSR count). The van der Waals surface area contributed by atoms with Crippen LogP contribution in [0.3, 0.4) is 0 Å². The van der Waals surface area contributed by atoms with E-state index in [9.17, 15) is 18.0 Å². The molecule has 2 aromatic carbocycles. The largest absolute Gasteiger partial charge is 0.336 e. The number of sulfonamides is 1. The first kappa shape index (κ1) is 21.0. The zero-order valence-corrected chi connectivity index (χ0v) is 18.7. The van der Waals surface area contributed by atoms with Gasteiger partial charge in [0.2, 0.25) is 15.9 Å². The average Bonchev–Trinajstić information content (AvgIpc) is 3.56. The number of nitrogens with zero attached hydrogens (tertiary/aromatic N) is 4. The van der Waals surface area contributed by atoms with Gasteiger partial charge in [0.25, 0.3) is 5.91 Å². The quantitative estimate of drug-likeness (QED) is 0.610. The van der Waals surface area contributed by atoms with E-state index in [0.717, 1.165) is 24.6 Å². The summed E-state index contributed by atoms with van der Waals surface area (Å²) in [6.07, 6.45) is 1.86. The summed E-state index contributed by atoms with van der Waals surface area (Å²) in [5.41, 5.74) is 2.11. The molecule has 1 N–H and O–H groups in total. The number of hydrogen-bond acceptors (Lipinski definition) is 7. The van der Waals surface area contributed by atoms with Gasteiger partial charge in [0.15, 0.2) is 0 Å². The molecule has 2 amide bonds. The summed E-state index contributed by atoms with van der Waals surface area (Å²) in [7, 11) is -3.73. The molecule has 1 saturated carbocycles. The van der Waals surface area contributed by atoms with Crippen molar-refractivity contribution in [1.29, 1.82) is 0 Å². The maximum absolute atomic E-state index is 13.1. The third-order valence-electron chi connectivity index (χ3n) is 5.74. The van der Waals surface area contributed by atoms with Crippen molar-refractivity contribution in [2.24, 2.45) is 5.92 Å². The Hall–Kier alpha value is -2.89. The summed E-state index contributed by atoms with van der Waals surface area (Å²) in [5, 5.41) is 2.85. The van der Waals surface area contributed by atoms with Crippen LogP contribution in [0.5, 0.6) is 0 Å². The number of carbonyl (C=O) groups excluding carboxylic acids is 2. The first-order chi connectivity index (χ1) is 15.4. The minimum atomic E-state index is -3.73. The molecule has 0 radical (unpaired) electrons. The van der Waals surface area contributed by atoms with Crippen molar-refractivity contribution < 1.29 is 18.0 Å². The lowest BCUT2D eigenvalue weighted by atomic mass is 10.1. The number of benzene rings is 2. The van der Waals surface area contributed by atoms with E-state index in [4.69, 9.17) is 0 Å². The molecule has 9 nitrogen and oxygen atoms in total. The number of amides is 2. The minimum Gasteiger partial charge on any atom is -0.336 e. The first-order valence-electron chi connectivity index (χ1n) is 10.3. The van der Waals surface area contributed by atoms with E-state index in [1.807, 2.05) is 0 Å². The SMILES string of the molecule is O=C(Nc1ccc(C(=O)N2CCN(S(=O)(=O)c3cccc4nsnc34)CC2)cc1)C1CC1. The number of anilines is 1. The average molecular weight is 472 g/mol. The number of aromatic nitrogens is 2. The van der Waals surface area contributed by atoms with Crippen LogP contribution in [0.25, 0.3) is 11.0 Å². The molecule has 1 aliphatic heterocycles. The molecule has 166 valence electrons. The normalized spacial score (nSPS) is 17.4. The number of hydrogen-bond donors (Lipinski definition) is 1. The van der Waals surface area contributed by atoms with Gasteiger partial charge >= 0.3 is 0 Å². The van der Waals surface area contributed by atoms with Crippen molar-refractivity contribution in [3.05, 3.63) is 48.0 Å². The number of carbonyl (C=O) groups is 2. The van der Waals surface area contributed by atoms with Gasteiger partial charge in [0.05, 0.1) is 11.7 Å². The van der Waals surface area contributed by atoms with Gasteiger partial charge in [0.1, 0.15) is 15.9 Å². The summed E-state index contributed by atoms with van der Waals surface area (Å²) in [6, 6.07) is 11.7. The Morgan fingerprint density at radius 3 is 2.38 bits per heavy atom. The van der Waals surface area contributed by atoms with E-state index in [0.29, 0.717) is 35.4 Å². The van der Waals surface area contributed by atoms with Crippen LogP contribution in [0.4, 0.5) is 5.69 Å². The van der Waals surface area contributed by atoms with Crippen LogP contribution in [0.15, 0.2) is 47.4 Å². The Kier molecular flexibility index (Phi) is 5.39. The van der Waals surface area contributed by atoms with Crippen molar-refractivity contribution in [2.45, 2.75) is 17.7 Å². The standard InChI is InChI=1S/C21H21N5O4S2/c27-20(14-4-5-14)22-16-8-6-15(7-9-16)21(28)25-10-12-26(13-11-25)32(29,30)18-3-1-2-17-19(18)24-31-23-17/h1-3,6-9,14H,4-5,10-13H2,(H,22,27). The highest BCUT2D eigenvalue weighted by atomic mass is 32.2. The van der Waals surface area contributed by atoms with Gasteiger partial charge in [-0.15, -0.1) is 0 Å². The van der Waals surface area contributed by atoms with E-state index in [1.54, 1.807) is 47.4 Å². The molecule has 1 aliphatic carbocycles. The molecule has 2 heterocycles. The van der Waals surface area contributed by atoms with Crippen molar-refractivity contribution in [1.82, 2.24) is 18.0 Å². The predicted molar refractivity (Wildman–Crippen MR) is 120 cm³/mol. The van der Waals surface area contributed by atoms with Gasteiger partial charge in [-0.1, -0.05) is 6.07 Å². The molecule has 2 fully saturated rings. The first-order valence-corrected chi connectivity index (χ1v) is 12.5. The van der Waals surface area contributed by atoms with Crippen molar-refractivity contribution >= 4 is 50.3 Å². The highest BCUT2D eigenvalue weighted by molar-refractivity contribution is 7.89. The molecule has 2 aliphatic rings. The molecule has 11 heteroatoms. The zero-order chi connectivity index (χ0) is 22.3. The summed E-state index contributed by atoms with van der Waals surface area (Å²) in [5.74, 6) is -0.0268. The smallest absolute Gasteiger partial charge is 0.253 e. The molecule has 0 bridgehead atoms. The Morgan fingerprint density at radius 1 is 0.969 bits per heavy atom. The highest BCUT2D eigenvalue weighted by Gasteiger charge is 2.32. The molecular weight excluding hydrogens is 450 g/mol. The lowest BCUT2D eigenvalue weighted by Crippen LogP contribution is -2.50. The molecule has 1 saturated heterocycles. The van der Waals surface area contributed by atoms with E-state index in [2.05, 4.69) is 14.1 Å². The van der Waals surface area contributed by atoms with E-state index in [1.165, 1.54) is 4.31 Å². The van der Waals surface area contributed by atoms with Crippen LogP contribution in [-0.2, 0) is 14.8 Å². The van der Waals surface area contributed by atoms with Crippen molar-refractivity contribution in [2.75, 3.05) is 31.5 Å². The van der Waals surface area contributed by atoms with E-state index >= 15 is 0 Å². The van der Waals surface area contributed by atoms with Gasteiger partial charge in [-0.2, -0.15) is 13.1 Å². The highest BCUT2D eigenvalue weighted by Crippen LogP contribution is 2.30. The minimum absolute atomic E-state index is 0.0190. The third kappa shape index (κ3) is 3.98. The van der Waals surface area contributed by atoms with Gasteiger partial charge < -0.3 is 10.2 Å². The molecule has 3 aromatic rings. The summed E-state index contributed by atoms with van der Waals surface area (Å²) in [4.78, 5) is 26.5. The van der Waals surface area contributed by atoms with E-state index in [-0.39, 0.29) is 35.7 Å². The van der Waals surface area contributed by atoms with Crippen LogP contribution in [0.2, 0.25) is 0 Å². The fourth-order valence-corrected chi connectivity index (χ4v) is 5.90. The Bertz CT molecular complexity index is 1280. The molecule has 0 unspecified atom stereocenters. The van der Waals surface area contributed by atoms with Crippen LogP contribution in [0, 0.1) is 5.92 Å². The maximum atomic E-state index is 13.1. The van der Waals surface area contributed by atoms with Crippen LogP contribution in [0.1, 0.15) is 23.2 Å². The van der Waals surface area contributed by atoms with Gasteiger partial charge in [-0.05, 0) is 49.2 Å². The lowest BCUT2D eigenvalue weighted by Gasteiger charge is -2.34. The molecule has 1 aromatic heterocycles. The third-order valence-corrected chi connectivity index (χ3v) is 8.21. The lowest BCUT2D eigenvalue weighted by molar-refractivity contribution is -0.117. The Balaban J connectivity index is 1.23. The molecule has 0 spiro atoms. The second kappa shape index (κ2) is 8.23. The summed E-state index contributed by atoms with van der Waals surface area (Å²) < 4.78 is 35.9. The topological polar surface area (TPSA) is 113 Å². The number of piperazine rings is 1. The molecular formula is C21H21N5O4S2. The second-order valence-corrected chi connectivity index (χ2v) is 10.4. The predicted octanol–water partition coefficient (Wildman–Crippen LogP) is 2.19. The Labute approximate surface area is 189 Å². The molecule has 32 heavy (non-hydrogen) atoms. The fraction of sp³-hybridized carbons (Fsp3) is 0.333. The number of fused-ring (bicyclic) bond motifs is 1. The number of nitrogens with one attached hydrogen (secondary N) is 1.